The van der Waals surface area contributed by atoms with Crippen LogP contribution in [0.15, 0.2) is 18.2 Å². The number of halogens is 1. The molecule has 15 heavy (non-hydrogen) atoms. The van der Waals surface area contributed by atoms with E-state index in [1.165, 1.54) is 0 Å². The van der Waals surface area contributed by atoms with Crippen LogP contribution in [0.4, 0.5) is 10.1 Å². The van der Waals surface area contributed by atoms with Gasteiger partial charge in [-0.1, -0.05) is 0 Å². The summed E-state index contributed by atoms with van der Waals surface area (Å²) in [6.07, 6.45) is -2.04. The van der Waals surface area contributed by atoms with Crippen molar-refractivity contribution < 1.29 is 24.3 Å². The van der Waals surface area contributed by atoms with E-state index < -0.39 is 34.1 Å². The molecule has 80 valence electrons. The molecule has 0 aromatic heterocycles. The zero-order valence-electron chi connectivity index (χ0n) is 7.25. The van der Waals surface area contributed by atoms with Crippen LogP contribution in [0.5, 0.6) is 0 Å². The molecule has 0 aliphatic carbocycles. The van der Waals surface area contributed by atoms with Gasteiger partial charge in [0.25, 0.3) is 5.69 Å². The van der Waals surface area contributed by atoms with Crippen molar-refractivity contribution in [2.75, 3.05) is 0 Å². The fourth-order valence-electron chi connectivity index (χ4n) is 1.04. The Hall–Kier alpha value is -2.02. The fraction of sp³-hybridized carbons (Fsp3) is 0.125. The first-order valence-electron chi connectivity index (χ1n) is 3.78. The molecule has 1 aromatic rings. The number of carboxylic acids is 1. The molecular weight excluding hydrogens is 209 g/mol. The maximum Gasteiger partial charge on any atom is 0.337 e. The second-order valence-corrected chi connectivity index (χ2v) is 2.70. The summed E-state index contributed by atoms with van der Waals surface area (Å²) in [5, 5.41) is 28.0. The van der Waals surface area contributed by atoms with E-state index in [0.717, 1.165) is 12.1 Å². The summed E-state index contributed by atoms with van der Waals surface area (Å²) in [6, 6.07) is 2.27. The average molecular weight is 215 g/mol. The molecule has 7 heteroatoms. The van der Waals surface area contributed by atoms with Crippen molar-refractivity contribution in [1.29, 1.82) is 0 Å². The Kier molecular flexibility index (Phi) is 2.96. The summed E-state index contributed by atoms with van der Waals surface area (Å²) in [5.41, 5.74) is -1.21. The molecule has 1 aromatic carbocycles. The lowest BCUT2D eigenvalue weighted by molar-refractivity contribution is -0.386. The number of nitrogens with zero attached hydrogens (tertiary/aromatic N) is 1. The number of benzene rings is 1. The summed E-state index contributed by atoms with van der Waals surface area (Å²) in [5.74, 6) is -2.51. The molecule has 6 nitrogen and oxygen atoms in total. The smallest absolute Gasteiger partial charge is 0.337 e. The van der Waals surface area contributed by atoms with Crippen LogP contribution in [0.2, 0.25) is 0 Å². The molecule has 0 amide bonds. The molecule has 0 heterocycles. The van der Waals surface area contributed by atoms with Gasteiger partial charge in [-0.15, -0.1) is 0 Å². The van der Waals surface area contributed by atoms with Gasteiger partial charge < -0.3 is 10.2 Å². The number of nitro benzene ring substituents is 1. The van der Waals surface area contributed by atoms with E-state index in [2.05, 4.69) is 0 Å². The van der Waals surface area contributed by atoms with Crippen LogP contribution in [-0.2, 0) is 4.79 Å². The number of aliphatic carboxylic acids is 1. The van der Waals surface area contributed by atoms with Gasteiger partial charge in [0.15, 0.2) is 6.10 Å². The van der Waals surface area contributed by atoms with Crippen LogP contribution in [0.1, 0.15) is 11.7 Å². The lowest BCUT2D eigenvalue weighted by atomic mass is 10.1. The highest BCUT2D eigenvalue weighted by atomic mass is 19.1. The maximum absolute atomic E-state index is 12.6. The number of hydrogen-bond donors (Lipinski definition) is 2. The first kappa shape index (κ1) is 11.1. The minimum Gasteiger partial charge on any atom is -0.479 e. The second-order valence-electron chi connectivity index (χ2n) is 2.70. The number of aliphatic hydroxyl groups is 1. The summed E-state index contributed by atoms with van der Waals surface area (Å²) in [6.45, 7) is 0. The topological polar surface area (TPSA) is 101 Å². The van der Waals surface area contributed by atoms with Crippen molar-refractivity contribution in [1.82, 2.24) is 0 Å². The van der Waals surface area contributed by atoms with Gasteiger partial charge in [-0.25, -0.2) is 9.18 Å². The first-order valence-corrected chi connectivity index (χ1v) is 3.78. The number of nitro groups is 1. The molecule has 0 saturated heterocycles. The van der Waals surface area contributed by atoms with Crippen molar-refractivity contribution in [2.24, 2.45) is 0 Å². The highest BCUT2D eigenvalue weighted by Crippen LogP contribution is 2.25. The third-order valence-electron chi connectivity index (χ3n) is 1.72. The molecule has 0 spiro atoms. The van der Waals surface area contributed by atoms with E-state index in [1.54, 1.807) is 0 Å². The van der Waals surface area contributed by atoms with Crippen molar-refractivity contribution in [3.8, 4) is 0 Å². The number of carbonyl (C=O) groups is 1. The Labute approximate surface area is 82.7 Å². The van der Waals surface area contributed by atoms with Crippen LogP contribution in [0.3, 0.4) is 0 Å². The minimum absolute atomic E-state index is 0.450. The van der Waals surface area contributed by atoms with E-state index in [0.29, 0.717) is 6.07 Å². The largest absolute Gasteiger partial charge is 0.479 e. The zero-order chi connectivity index (χ0) is 11.6. The SMILES string of the molecule is O=C(O)C(O)c1ccc(F)cc1[N+](=O)[O-]. The quantitative estimate of drug-likeness (QED) is 0.575. The fourth-order valence-corrected chi connectivity index (χ4v) is 1.04. The van der Waals surface area contributed by atoms with E-state index in [1.807, 2.05) is 0 Å². The van der Waals surface area contributed by atoms with Gasteiger partial charge in [0.05, 0.1) is 16.6 Å². The lowest BCUT2D eigenvalue weighted by Crippen LogP contribution is -2.12. The molecule has 1 atom stereocenters. The van der Waals surface area contributed by atoms with E-state index >= 15 is 0 Å². The minimum atomic E-state index is -2.04. The Morgan fingerprint density at radius 1 is 1.53 bits per heavy atom. The molecular formula is C8H6FNO5. The van der Waals surface area contributed by atoms with Gasteiger partial charge in [0.1, 0.15) is 5.82 Å². The van der Waals surface area contributed by atoms with Crippen LogP contribution < -0.4 is 0 Å². The molecule has 1 rings (SSSR count). The highest BCUT2D eigenvalue weighted by molar-refractivity contribution is 5.75. The lowest BCUT2D eigenvalue weighted by Gasteiger charge is -2.05. The average Bonchev–Trinajstić information content (AvgIpc) is 2.16. The summed E-state index contributed by atoms with van der Waals surface area (Å²) in [7, 11) is 0. The van der Waals surface area contributed by atoms with Gasteiger partial charge in [-0.05, 0) is 12.1 Å². The van der Waals surface area contributed by atoms with Crippen molar-refractivity contribution in [3.05, 3.63) is 39.7 Å². The van der Waals surface area contributed by atoms with Crippen molar-refractivity contribution in [2.45, 2.75) is 6.10 Å². The van der Waals surface area contributed by atoms with Crippen LogP contribution in [-0.4, -0.2) is 21.1 Å². The molecule has 0 fully saturated rings. The van der Waals surface area contributed by atoms with Gasteiger partial charge in [-0.2, -0.15) is 0 Å². The molecule has 0 bridgehead atoms. The van der Waals surface area contributed by atoms with E-state index in [-0.39, 0.29) is 0 Å². The van der Waals surface area contributed by atoms with E-state index in [4.69, 9.17) is 10.2 Å². The maximum atomic E-state index is 12.6. The standard InChI is InChI=1S/C8H6FNO5/c9-4-1-2-5(7(11)8(12)13)6(3-4)10(14)15/h1-3,7,11H,(H,12,13). The predicted molar refractivity (Wildman–Crippen MR) is 45.7 cm³/mol. The Balaban J connectivity index is 3.28. The zero-order valence-corrected chi connectivity index (χ0v) is 7.25. The van der Waals surface area contributed by atoms with Crippen LogP contribution in [0.25, 0.3) is 0 Å². The molecule has 0 radical (unpaired) electrons. The van der Waals surface area contributed by atoms with E-state index in [9.17, 15) is 19.3 Å². The van der Waals surface area contributed by atoms with Crippen molar-refractivity contribution in [3.63, 3.8) is 0 Å². The monoisotopic (exact) mass is 215 g/mol. The molecule has 1 unspecified atom stereocenters. The predicted octanol–water partition coefficient (Wildman–Crippen LogP) is 0.852. The highest BCUT2D eigenvalue weighted by Gasteiger charge is 2.25. The third-order valence-corrected chi connectivity index (χ3v) is 1.72. The summed E-state index contributed by atoms with van der Waals surface area (Å²) < 4.78 is 12.6. The Morgan fingerprint density at radius 3 is 2.60 bits per heavy atom. The number of rotatable bonds is 3. The van der Waals surface area contributed by atoms with Crippen LogP contribution >= 0.6 is 0 Å². The second kappa shape index (κ2) is 4.01. The summed E-state index contributed by atoms with van der Waals surface area (Å²) in [4.78, 5) is 19.9. The molecule has 0 aliphatic heterocycles. The third kappa shape index (κ3) is 2.26. The van der Waals surface area contributed by atoms with Gasteiger partial charge >= 0.3 is 5.97 Å². The molecule has 2 N–H and O–H groups in total. The normalized spacial score (nSPS) is 12.1. The number of hydrogen-bond acceptors (Lipinski definition) is 4. The number of aliphatic hydroxyl groups excluding tert-OH is 1. The number of carboxylic acid groups (broad SMARTS) is 1. The van der Waals surface area contributed by atoms with Gasteiger partial charge in [0, 0.05) is 0 Å². The van der Waals surface area contributed by atoms with Gasteiger partial charge in [-0.3, -0.25) is 10.1 Å². The summed E-state index contributed by atoms with van der Waals surface area (Å²) >= 11 is 0. The van der Waals surface area contributed by atoms with Crippen LogP contribution in [0, 0.1) is 15.9 Å². The van der Waals surface area contributed by atoms with Gasteiger partial charge in [0.2, 0.25) is 0 Å². The first-order chi connectivity index (χ1) is 6.93. The van der Waals surface area contributed by atoms with Crippen molar-refractivity contribution >= 4 is 11.7 Å². The Morgan fingerprint density at radius 2 is 2.13 bits per heavy atom. The molecule has 0 aliphatic rings. The molecule has 0 saturated carbocycles. The Bertz CT molecular complexity index is 419.